The quantitative estimate of drug-likeness (QED) is 0.696. The molecular formula is C22H25FN4O2. The van der Waals surface area contributed by atoms with Crippen molar-refractivity contribution in [1.82, 2.24) is 20.4 Å². The Kier molecular flexibility index (Phi) is 5.68. The Bertz CT molecular complexity index is 1040. The topological polar surface area (TPSA) is 76.0 Å². The van der Waals surface area contributed by atoms with E-state index in [1.165, 1.54) is 12.1 Å². The Morgan fingerprint density at radius 1 is 1.10 bits per heavy atom. The zero-order valence-corrected chi connectivity index (χ0v) is 17.0. The lowest BCUT2D eigenvalue weighted by molar-refractivity contribution is -0.124. The first-order chi connectivity index (χ1) is 13.7. The number of nitrogens with one attached hydrogen (secondary N) is 2. The first kappa shape index (κ1) is 20.5. The molecule has 0 fully saturated rings. The van der Waals surface area contributed by atoms with E-state index in [0.29, 0.717) is 11.9 Å². The Morgan fingerprint density at radius 3 is 2.38 bits per heavy atom. The van der Waals surface area contributed by atoms with Crippen molar-refractivity contribution < 1.29 is 14.0 Å². The molecule has 0 radical (unpaired) electrons. The molecule has 0 aliphatic carbocycles. The van der Waals surface area contributed by atoms with Gasteiger partial charge in [0, 0.05) is 12.4 Å². The molecule has 7 heteroatoms. The Labute approximate surface area is 169 Å². The van der Waals surface area contributed by atoms with E-state index < -0.39 is 17.4 Å². The zero-order chi connectivity index (χ0) is 21.2. The molecule has 3 rings (SSSR count). The Morgan fingerprint density at radius 2 is 1.76 bits per heavy atom. The van der Waals surface area contributed by atoms with Gasteiger partial charge in [-0.3, -0.25) is 14.3 Å². The van der Waals surface area contributed by atoms with Crippen LogP contribution >= 0.6 is 0 Å². The lowest BCUT2D eigenvalue weighted by Gasteiger charge is -2.29. The average Bonchev–Trinajstić information content (AvgIpc) is 3.05. The van der Waals surface area contributed by atoms with E-state index in [9.17, 15) is 14.0 Å². The second kappa shape index (κ2) is 8.03. The first-order valence-electron chi connectivity index (χ1n) is 9.43. The number of rotatable bonds is 5. The van der Waals surface area contributed by atoms with Crippen molar-refractivity contribution >= 4 is 22.7 Å². The smallest absolute Gasteiger partial charge is 0.273 e. The molecule has 2 amide bonds. The average molecular weight is 396 g/mol. The maximum Gasteiger partial charge on any atom is 0.273 e. The molecule has 0 saturated carbocycles. The van der Waals surface area contributed by atoms with Crippen molar-refractivity contribution in [3.63, 3.8) is 0 Å². The minimum absolute atomic E-state index is 0.251. The highest BCUT2D eigenvalue weighted by Crippen LogP contribution is 2.23. The fourth-order valence-electron chi connectivity index (χ4n) is 3.20. The van der Waals surface area contributed by atoms with Gasteiger partial charge in [0.05, 0.1) is 12.1 Å². The van der Waals surface area contributed by atoms with E-state index in [0.717, 1.165) is 11.1 Å². The largest absolute Gasteiger partial charge is 0.357 e. The predicted molar refractivity (Wildman–Crippen MR) is 110 cm³/mol. The van der Waals surface area contributed by atoms with Crippen molar-refractivity contribution in [1.29, 1.82) is 0 Å². The van der Waals surface area contributed by atoms with Gasteiger partial charge in [-0.1, -0.05) is 51.1 Å². The summed E-state index contributed by atoms with van der Waals surface area (Å²) in [6.07, 6.45) is 0. The highest BCUT2D eigenvalue weighted by molar-refractivity contribution is 6.06. The molecule has 1 heterocycles. The Hall–Kier alpha value is -3.22. The van der Waals surface area contributed by atoms with Gasteiger partial charge in [-0.05, 0) is 29.2 Å². The molecule has 2 N–H and O–H groups in total. The van der Waals surface area contributed by atoms with Crippen molar-refractivity contribution in [2.45, 2.75) is 33.4 Å². The van der Waals surface area contributed by atoms with E-state index in [2.05, 4.69) is 15.7 Å². The molecule has 6 nitrogen and oxygen atoms in total. The number of amides is 2. The van der Waals surface area contributed by atoms with Crippen LogP contribution in [0.2, 0.25) is 0 Å². The van der Waals surface area contributed by atoms with Crippen LogP contribution < -0.4 is 10.6 Å². The van der Waals surface area contributed by atoms with Crippen LogP contribution in [0.4, 0.5) is 4.39 Å². The van der Waals surface area contributed by atoms with Gasteiger partial charge in [-0.25, -0.2) is 4.39 Å². The predicted octanol–water partition coefficient (Wildman–Crippen LogP) is 3.11. The number of para-hydroxylation sites is 1. The summed E-state index contributed by atoms with van der Waals surface area (Å²) in [4.78, 5) is 25.3. The number of likely N-dealkylation sites (N-methyl/N-ethyl adjacent to an activating group) is 1. The van der Waals surface area contributed by atoms with Gasteiger partial charge in [0.15, 0.2) is 5.69 Å². The minimum Gasteiger partial charge on any atom is -0.357 e. The molecule has 2 aromatic carbocycles. The van der Waals surface area contributed by atoms with Gasteiger partial charge in [0.25, 0.3) is 5.91 Å². The van der Waals surface area contributed by atoms with Gasteiger partial charge in [-0.2, -0.15) is 5.10 Å². The van der Waals surface area contributed by atoms with Crippen molar-refractivity contribution in [3.05, 3.63) is 65.6 Å². The second-order valence-corrected chi connectivity index (χ2v) is 8.04. The van der Waals surface area contributed by atoms with E-state index in [1.54, 1.807) is 23.9 Å². The highest BCUT2D eigenvalue weighted by atomic mass is 19.1. The molecule has 1 unspecified atom stereocenters. The standard InChI is InChI=1S/C22H25FN4O2/c1-22(2,3)19(21(29)24-4)25-20(28)18-16-7-5-6-8-17(16)27(26-18)13-14-9-11-15(23)12-10-14/h5-12,19H,13H2,1-4H3,(H,24,29)(H,25,28). The van der Waals surface area contributed by atoms with Crippen molar-refractivity contribution in [3.8, 4) is 0 Å². The van der Waals surface area contributed by atoms with Crippen LogP contribution in [-0.4, -0.2) is 34.7 Å². The van der Waals surface area contributed by atoms with Gasteiger partial charge in [0.1, 0.15) is 11.9 Å². The summed E-state index contributed by atoms with van der Waals surface area (Å²) in [6, 6.07) is 12.9. The number of carbonyl (C=O) groups is 2. The third kappa shape index (κ3) is 4.45. The lowest BCUT2D eigenvalue weighted by atomic mass is 9.86. The van der Waals surface area contributed by atoms with Crippen LogP contribution in [0.25, 0.3) is 10.9 Å². The maximum atomic E-state index is 13.2. The van der Waals surface area contributed by atoms with E-state index >= 15 is 0 Å². The van der Waals surface area contributed by atoms with Crippen LogP contribution in [-0.2, 0) is 11.3 Å². The number of halogens is 1. The summed E-state index contributed by atoms with van der Waals surface area (Å²) in [5, 5.41) is 10.6. The summed E-state index contributed by atoms with van der Waals surface area (Å²) in [5.74, 6) is -0.981. The number of hydrogen-bond donors (Lipinski definition) is 2. The molecule has 0 bridgehead atoms. The number of fused-ring (bicyclic) bond motifs is 1. The molecule has 0 saturated heterocycles. The summed E-state index contributed by atoms with van der Waals surface area (Å²) in [5.41, 5.74) is 1.43. The minimum atomic E-state index is -0.707. The summed E-state index contributed by atoms with van der Waals surface area (Å²) >= 11 is 0. The first-order valence-corrected chi connectivity index (χ1v) is 9.43. The number of benzene rings is 2. The number of carbonyl (C=O) groups excluding carboxylic acids is 2. The van der Waals surface area contributed by atoms with Gasteiger partial charge in [-0.15, -0.1) is 0 Å². The van der Waals surface area contributed by atoms with Crippen molar-refractivity contribution in [2.75, 3.05) is 7.05 Å². The highest BCUT2D eigenvalue weighted by Gasteiger charge is 2.33. The van der Waals surface area contributed by atoms with E-state index in [-0.39, 0.29) is 17.4 Å². The third-order valence-electron chi connectivity index (χ3n) is 4.77. The number of hydrogen-bond acceptors (Lipinski definition) is 3. The molecule has 0 aliphatic rings. The monoisotopic (exact) mass is 396 g/mol. The van der Waals surface area contributed by atoms with E-state index in [1.807, 2.05) is 45.0 Å². The van der Waals surface area contributed by atoms with Gasteiger partial charge >= 0.3 is 0 Å². The fourth-order valence-corrected chi connectivity index (χ4v) is 3.20. The molecule has 3 aromatic rings. The van der Waals surface area contributed by atoms with E-state index in [4.69, 9.17) is 0 Å². The molecule has 152 valence electrons. The molecule has 29 heavy (non-hydrogen) atoms. The molecule has 1 atom stereocenters. The Balaban J connectivity index is 1.96. The summed E-state index contributed by atoms with van der Waals surface area (Å²) in [6.45, 7) is 6.06. The summed E-state index contributed by atoms with van der Waals surface area (Å²) in [7, 11) is 1.54. The third-order valence-corrected chi connectivity index (χ3v) is 4.77. The zero-order valence-electron chi connectivity index (χ0n) is 17.0. The van der Waals surface area contributed by atoms with Crippen molar-refractivity contribution in [2.24, 2.45) is 5.41 Å². The number of nitrogens with zero attached hydrogens (tertiary/aromatic N) is 2. The van der Waals surface area contributed by atoms with Gasteiger partial charge < -0.3 is 10.6 Å². The molecule has 1 aromatic heterocycles. The fraction of sp³-hybridized carbons (Fsp3) is 0.318. The molecule has 0 aliphatic heterocycles. The van der Waals surface area contributed by atoms with Crippen LogP contribution in [0.1, 0.15) is 36.8 Å². The molecule has 0 spiro atoms. The number of aromatic nitrogens is 2. The maximum absolute atomic E-state index is 13.2. The molecular weight excluding hydrogens is 371 g/mol. The van der Waals surface area contributed by atoms with Gasteiger partial charge in [0.2, 0.25) is 5.91 Å². The van der Waals surface area contributed by atoms with Crippen LogP contribution in [0.5, 0.6) is 0 Å². The normalized spacial score (nSPS) is 12.6. The second-order valence-electron chi connectivity index (χ2n) is 8.04. The van der Waals surface area contributed by atoms with Crippen LogP contribution in [0.3, 0.4) is 0 Å². The lowest BCUT2D eigenvalue weighted by Crippen LogP contribution is -2.53. The summed E-state index contributed by atoms with van der Waals surface area (Å²) < 4.78 is 14.9. The SMILES string of the molecule is CNC(=O)C(NC(=O)c1nn(Cc2ccc(F)cc2)c2ccccc12)C(C)(C)C. The van der Waals surface area contributed by atoms with Crippen LogP contribution in [0, 0.1) is 11.2 Å². The van der Waals surface area contributed by atoms with Crippen LogP contribution in [0.15, 0.2) is 48.5 Å².